The zero-order valence-electron chi connectivity index (χ0n) is 16.5. The fraction of sp³-hybridized carbons (Fsp3) is 0.308. The third-order valence-electron chi connectivity index (χ3n) is 4.87. The molecular weight excluding hydrogens is 328 g/mol. The third-order valence-corrected chi connectivity index (χ3v) is 4.87. The summed E-state index contributed by atoms with van der Waals surface area (Å²) < 4.78 is 6.19. The molecule has 0 amide bonds. The fourth-order valence-electron chi connectivity index (χ4n) is 3.42. The van der Waals surface area contributed by atoms with Crippen LogP contribution >= 0.6 is 0 Å². The van der Waals surface area contributed by atoms with Gasteiger partial charge in [0, 0.05) is 5.56 Å². The molecular formula is C26H30O. The second-order valence-electron chi connectivity index (χ2n) is 7.50. The van der Waals surface area contributed by atoms with Gasteiger partial charge in [-0.05, 0) is 35.1 Å². The van der Waals surface area contributed by atoms with Gasteiger partial charge in [0.1, 0.15) is 5.75 Å². The van der Waals surface area contributed by atoms with Crippen molar-refractivity contribution in [3.05, 3.63) is 78.9 Å². The van der Waals surface area contributed by atoms with E-state index in [-0.39, 0.29) is 0 Å². The number of para-hydroxylation sites is 1. The summed E-state index contributed by atoms with van der Waals surface area (Å²) in [7, 11) is 0. The summed E-state index contributed by atoms with van der Waals surface area (Å²) in [6.07, 6.45) is 4.95. The second-order valence-corrected chi connectivity index (χ2v) is 7.50. The Hall–Kier alpha value is -2.54. The fourth-order valence-corrected chi connectivity index (χ4v) is 3.42. The molecule has 140 valence electrons. The smallest absolute Gasteiger partial charge is 0.127 e. The van der Waals surface area contributed by atoms with Crippen molar-refractivity contribution >= 4 is 0 Å². The molecule has 1 heteroatoms. The van der Waals surface area contributed by atoms with Gasteiger partial charge in [0.25, 0.3) is 0 Å². The van der Waals surface area contributed by atoms with E-state index < -0.39 is 0 Å². The molecule has 3 aromatic carbocycles. The van der Waals surface area contributed by atoms with Gasteiger partial charge in [-0.3, -0.25) is 0 Å². The summed E-state index contributed by atoms with van der Waals surface area (Å²) in [5.74, 6) is 1.77. The maximum atomic E-state index is 6.19. The second kappa shape index (κ2) is 9.97. The summed E-state index contributed by atoms with van der Waals surface area (Å²) in [5.41, 5.74) is 4.86. The van der Waals surface area contributed by atoms with Crippen molar-refractivity contribution in [2.45, 2.75) is 39.5 Å². The van der Waals surface area contributed by atoms with Gasteiger partial charge in [-0.2, -0.15) is 0 Å². The van der Waals surface area contributed by atoms with E-state index in [0.717, 1.165) is 24.7 Å². The van der Waals surface area contributed by atoms with Crippen LogP contribution < -0.4 is 4.74 Å². The molecule has 0 aliphatic carbocycles. The summed E-state index contributed by atoms with van der Waals surface area (Å²) in [4.78, 5) is 0. The molecule has 3 aromatic rings. The van der Waals surface area contributed by atoms with Crippen LogP contribution in [0.5, 0.6) is 5.75 Å². The molecule has 3 rings (SSSR count). The highest BCUT2D eigenvalue weighted by Gasteiger charge is 2.11. The first-order chi connectivity index (χ1) is 13.3. The highest BCUT2D eigenvalue weighted by Crippen LogP contribution is 2.37. The van der Waals surface area contributed by atoms with Gasteiger partial charge in [-0.15, -0.1) is 0 Å². The standard InChI is InChI=1S/C26H30O/c1-21(2)13-5-4-12-20-27-26-19-11-10-18-25(26)24-17-9-8-16-23(24)22-14-6-3-7-15-22/h3,6-11,14-19,21H,4-5,12-13,20H2,1-2H3. The van der Waals surface area contributed by atoms with Crippen LogP contribution in [0.4, 0.5) is 0 Å². The van der Waals surface area contributed by atoms with E-state index in [1.165, 1.54) is 41.5 Å². The molecule has 27 heavy (non-hydrogen) atoms. The lowest BCUT2D eigenvalue weighted by Crippen LogP contribution is -1.99. The van der Waals surface area contributed by atoms with E-state index >= 15 is 0 Å². The Labute approximate surface area is 164 Å². The van der Waals surface area contributed by atoms with Crippen LogP contribution in [0.1, 0.15) is 39.5 Å². The van der Waals surface area contributed by atoms with Gasteiger partial charge in [-0.1, -0.05) is 106 Å². The van der Waals surface area contributed by atoms with Gasteiger partial charge in [0.05, 0.1) is 6.61 Å². The van der Waals surface area contributed by atoms with Crippen molar-refractivity contribution in [3.63, 3.8) is 0 Å². The number of hydrogen-bond acceptors (Lipinski definition) is 1. The van der Waals surface area contributed by atoms with Crippen LogP contribution in [0.3, 0.4) is 0 Å². The van der Waals surface area contributed by atoms with Crippen LogP contribution in [-0.4, -0.2) is 6.61 Å². The van der Waals surface area contributed by atoms with Crippen molar-refractivity contribution in [2.24, 2.45) is 5.92 Å². The zero-order valence-corrected chi connectivity index (χ0v) is 16.5. The Morgan fingerprint density at radius 3 is 2.00 bits per heavy atom. The number of unbranched alkanes of at least 4 members (excludes halogenated alkanes) is 2. The number of benzene rings is 3. The molecule has 0 saturated heterocycles. The van der Waals surface area contributed by atoms with Gasteiger partial charge < -0.3 is 4.74 Å². The van der Waals surface area contributed by atoms with Crippen LogP contribution in [0.15, 0.2) is 78.9 Å². The molecule has 0 heterocycles. The van der Waals surface area contributed by atoms with Crippen LogP contribution in [0.25, 0.3) is 22.3 Å². The summed E-state index contributed by atoms with van der Waals surface area (Å²) in [5, 5.41) is 0. The van der Waals surface area contributed by atoms with E-state index in [2.05, 4.69) is 92.7 Å². The molecule has 0 bridgehead atoms. The Kier molecular flexibility index (Phi) is 7.10. The minimum absolute atomic E-state index is 0.780. The molecule has 0 aromatic heterocycles. The molecule has 0 spiro atoms. The molecule has 0 saturated carbocycles. The predicted octanol–water partition coefficient (Wildman–Crippen LogP) is 7.62. The lowest BCUT2D eigenvalue weighted by molar-refractivity contribution is 0.304. The minimum Gasteiger partial charge on any atom is -0.493 e. The molecule has 0 unspecified atom stereocenters. The highest BCUT2D eigenvalue weighted by atomic mass is 16.5. The Bertz CT molecular complexity index is 820. The summed E-state index contributed by atoms with van der Waals surface area (Å²) in [6, 6.07) is 27.5. The predicted molar refractivity (Wildman–Crippen MR) is 116 cm³/mol. The van der Waals surface area contributed by atoms with Crippen LogP contribution in [-0.2, 0) is 0 Å². The lowest BCUT2D eigenvalue weighted by Gasteiger charge is -2.15. The van der Waals surface area contributed by atoms with E-state index in [9.17, 15) is 0 Å². The average Bonchev–Trinajstić information content (AvgIpc) is 2.71. The van der Waals surface area contributed by atoms with Gasteiger partial charge in [0.2, 0.25) is 0 Å². The zero-order chi connectivity index (χ0) is 18.9. The molecule has 0 atom stereocenters. The van der Waals surface area contributed by atoms with Crippen molar-refractivity contribution in [1.29, 1.82) is 0 Å². The third kappa shape index (κ3) is 5.47. The molecule has 0 radical (unpaired) electrons. The van der Waals surface area contributed by atoms with Gasteiger partial charge in [0.15, 0.2) is 0 Å². The molecule has 0 aliphatic rings. The molecule has 0 aliphatic heterocycles. The normalized spacial score (nSPS) is 10.9. The largest absolute Gasteiger partial charge is 0.493 e. The number of hydrogen-bond donors (Lipinski definition) is 0. The summed E-state index contributed by atoms with van der Waals surface area (Å²) in [6.45, 7) is 5.36. The van der Waals surface area contributed by atoms with Crippen LogP contribution in [0.2, 0.25) is 0 Å². The Morgan fingerprint density at radius 2 is 1.26 bits per heavy atom. The quantitative estimate of drug-likeness (QED) is 0.357. The Morgan fingerprint density at radius 1 is 0.630 bits per heavy atom. The van der Waals surface area contributed by atoms with E-state index in [1.54, 1.807) is 0 Å². The number of rotatable bonds is 9. The van der Waals surface area contributed by atoms with Crippen molar-refractivity contribution < 1.29 is 4.74 Å². The molecule has 0 N–H and O–H groups in total. The lowest BCUT2D eigenvalue weighted by atomic mass is 9.94. The average molecular weight is 359 g/mol. The van der Waals surface area contributed by atoms with Gasteiger partial charge in [-0.25, -0.2) is 0 Å². The topological polar surface area (TPSA) is 9.23 Å². The minimum atomic E-state index is 0.780. The summed E-state index contributed by atoms with van der Waals surface area (Å²) >= 11 is 0. The van der Waals surface area contributed by atoms with Crippen molar-refractivity contribution in [3.8, 4) is 28.0 Å². The van der Waals surface area contributed by atoms with Crippen molar-refractivity contribution in [1.82, 2.24) is 0 Å². The first kappa shape index (κ1) is 19.2. The van der Waals surface area contributed by atoms with E-state index in [0.29, 0.717) is 0 Å². The number of ether oxygens (including phenoxy) is 1. The molecule has 0 fully saturated rings. The first-order valence-electron chi connectivity index (χ1n) is 10.1. The monoisotopic (exact) mass is 358 g/mol. The first-order valence-corrected chi connectivity index (χ1v) is 10.1. The molecule has 1 nitrogen and oxygen atoms in total. The van der Waals surface area contributed by atoms with Crippen LogP contribution in [0, 0.1) is 5.92 Å². The highest BCUT2D eigenvalue weighted by molar-refractivity contribution is 5.85. The van der Waals surface area contributed by atoms with E-state index in [4.69, 9.17) is 4.74 Å². The SMILES string of the molecule is CC(C)CCCCCOc1ccccc1-c1ccccc1-c1ccccc1. The van der Waals surface area contributed by atoms with Gasteiger partial charge >= 0.3 is 0 Å². The van der Waals surface area contributed by atoms with Crippen molar-refractivity contribution in [2.75, 3.05) is 6.61 Å². The maximum absolute atomic E-state index is 6.19. The van der Waals surface area contributed by atoms with E-state index in [1.807, 2.05) is 0 Å². The Balaban J connectivity index is 1.75. The maximum Gasteiger partial charge on any atom is 0.127 e.